The molecule has 3 rings (SSSR count). The number of thiazole rings is 1. The maximum atomic E-state index is 12.3. The molecule has 6 nitrogen and oxygen atoms in total. The first kappa shape index (κ1) is 23.4. The Morgan fingerprint density at radius 1 is 1.09 bits per heavy atom. The standard InChI is InChI=1S/C25H27N3O3S/c1-18(2)31-16-21-10-8-7-9-20(21)15-26-24(30)14-13-22-17-32-25(27-22)28(19(3)29)23-11-5-4-6-12-23/h4-14,17-18H,15-16H2,1-3H3,(H,26,30)/b14-13+. The second-order valence-corrected chi connectivity index (χ2v) is 8.26. The van der Waals surface area contributed by atoms with E-state index >= 15 is 0 Å². The van der Waals surface area contributed by atoms with Crippen LogP contribution < -0.4 is 10.2 Å². The minimum absolute atomic E-state index is 0.126. The number of anilines is 2. The van der Waals surface area contributed by atoms with Crippen LogP contribution >= 0.6 is 11.3 Å². The number of nitrogens with zero attached hydrogens (tertiary/aromatic N) is 2. The van der Waals surface area contributed by atoms with Gasteiger partial charge in [0.25, 0.3) is 0 Å². The molecular weight excluding hydrogens is 422 g/mol. The second-order valence-electron chi connectivity index (χ2n) is 7.42. The summed E-state index contributed by atoms with van der Waals surface area (Å²) in [6.07, 6.45) is 3.24. The van der Waals surface area contributed by atoms with Gasteiger partial charge in [-0.15, -0.1) is 11.3 Å². The zero-order valence-electron chi connectivity index (χ0n) is 18.4. The van der Waals surface area contributed by atoms with Gasteiger partial charge in [0.2, 0.25) is 11.8 Å². The van der Waals surface area contributed by atoms with Crippen LogP contribution in [0.4, 0.5) is 10.8 Å². The predicted octanol–water partition coefficient (Wildman–Crippen LogP) is 5.08. The van der Waals surface area contributed by atoms with E-state index in [0.717, 1.165) is 16.8 Å². The Morgan fingerprint density at radius 2 is 1.78 bits per heavy atom. The normalized spacial score (nSPS) is 11.1. The molecule has 0 aliphatic carbocycles. The van der Waals surface area contributed by atoms with Crippen LogP contribution in [0.1, 0.15) is 37.6 Å². The summed E-state index contributed by atoms with van der Waals surface area (Å²) < 4.78 is 5.69. The van der Waals surface area contributed by atoms with Crippen molar-refractivity contribution in [2.45, 2.75) is 40.0 Å². The van der Waals surface area contributed by atoms with Crippen LogP contribution in [0.2, 0.25) is 0 Å². The Morgan fingerprint density at radius 3 is 2.47 bits per heavy atom. The van der Waals surface area contributed by atoms with Gasteiger partial charge in [-0.1, -0.05) is 42.5 Å². The lowest BCUT2D eigenvalue weighted by Gasteiger charge is -2.17. The Hall–Kier alpha value is -3.29. The smallest absolute Gasteiger partial charge is 0.244 e. The maximum absolute atomic E-state index is 12.3. The third-order valence-corrected chi connectivity index (χ3v) is 5.42. The number of hydrogen-bond donors (Lipinski definition) is 1. The van der Waals surface area contributed by atoms with Crippen LogP contribution in [0.3, 0.4) is 0 Å². The van der Waals surface area contributed by atoms with E-state index < -0.39 is 0 Å². The first-order chi connectivity index (χ1) is 15.4. The van der Waals surface area contributed by atoms with Crippen molar-refractivity contribution in [3.05, 3.63) is 82.9 Å². The first-order valence-electron chi connectivity index (χ1n) is 10.4. The van der Waals surface area contributed by atoms with Crippen LogP contribution in [0.5, 0.6) is 0 Å². The zero-order chi connectivity index (χ0) is 22.9. The van der Waals surface area contributed by atoms with Crippen molar-refractivity contribution in [1.29, 1.82) is 0 Å². The molecule has 0 atom stereocenters. The highest BCUT2D eigenvalue weighted by Crippen LogP contribution is 2.29. The second kappa shape index (κ2) is 11.4. The summed E-state index contributed by atoms with van der Waals surface area (Å²) in [5.41, 5.74) is 3.45. The summed E-state index contributed by atoms with van der Waals surface area (Å²) >= 11 is 1.35. The van der Waals surface area contributed by atoms with Crippen molar-refractivity contribution in [3.8, 4) is 0 Å². The quantitative estimate of drug-likeness (QED) is 0.462. The van der Waals surface area contributed by atoms with Crippen molar-refractivity contribution in [2.75, 3.05) is 4.90 Å². The highest BCUT2D eigenvalue weighted by Gasteiger charge is 2.17. The minimum atomic E-state index is -0.217. The molecule has 0 radical (unpaired) electrons. The van der Waals surface area contributed by atoms with Crippen molar-refractivity contribution in [1.82, 2.24) is 10.3 Å². The predicted molar refractivity (Wildman–Crippen MR) is 129 cm³/mol. The molecule has 0 saturated heterocycles. The van der Waals surface area contributed by atoms with Gasteiger partial charge < -0.3 is 10.1 Å². The van der Waals surface area contributed by atoms with Crippen LogP contribution in [0.25, 0.3) is 6.08 Å². The van der Waals surface area contributed by atoms with Crippen LogP contribution in [-0.4, -0.2) is 22.9 Å². The van der Waals surface area contributed by atoms with Gasteiger partial charge in [0.1, 0.15) is 0 Å². The molecule has 1 N–H and O–H groups in total. The van der Waals surface area contributed by atoms with E-state index in [-0.39, 0.29) is 17.9 Å². The average Bonchev–Trinajstić information content (AvgIpc) is 3.24. The minimum Gasteiger partial charge on any atom is -0.374 e. The van der Waals surface area contributed by atoms with Crippen LogP contribution in [0.15, 0.2) is 66.1 Å². The molecular formula is C25H27N3O3S. The summed E-state index contributed by atoms with van der Waals surface area (Å²) in [7, 11) is 0. The summed E-state index contributed by atoms with van der Waals surface area (Å²) in [6, 6.07) is 17.2. The number of nitrogens with one attached hydrogen (secondary N) is 1. The van der Waals surface area contributed by atoms with Gasteiger partial charge >= 0.3 is 0 Å². The molecule has 166 valence electrons. The molecule has 2 amide bonds. The zero-order valence-corrected chi connectivity index (χ0v) is 19.3. The SMILES string of the molecule is CC(=O)N(c1ccccc1)c1nc(/C=C/C(=O)NCc2ccccc2COC(C)C)cs1. The lowest BCUT2D eigenvalue weighted by atomic mass is 10.1. The highest BCUT2D eigenvalue weighted by atomic mass is 32.1. The Balaban J connectivity index is 1.61. The Bertz CT molecular complexity index is 1080. The maximum Gasteiger partial charge on any atom is 0.244 e. The summed E-state index contributed by atoms with van der Waals surface area (Å²) in [4.78, 5) is 30.5. The van der Waals surface area contributed by atoms with E-state index in [2.05, 4.69) is 10.3 Å². The number of benzene rings is 2. The van der Waals surface area contributed by atoms with E-state index in [0.29, 0.717) is 24.0 Å². The number of amides is 2. The van der Waals surface area contributed by atoms with E-state index in [4.69, 9.17) is 4.74 Å². The molecule has 1 heterocycles. The molecule has 0 aliphatic heterocycles. The number of carbonyl (C=O) groups is 2. The van der Waals surface area contributed by atoms with E-state index in [9.17, 15) is 9.59 Å². The lowest BCUT2D eigenvalue weighted by Crippen LogP contribution is -2.22. The number of aromatic nitrogens is 1. The number of carbonyl (C=O) groups excluding carboxylic acids is 2. The number of ether oxygens (including phenoxy) is 1. The molecule has 0 saturated carbocycles. The number of hydrogen-bond acceptors (Lipinski definition) is 5. The summed E-state index contributed by atoms with van der Waals surface area (Å²) in [6.45, 7) is 6.41. The van der Waals surface area contributed by atoms with Crippen LogP contribution in [-0.2, 0) is 27.5 Å². The van der Waals surface area contributed by atoms with Gasteiger partial charge in [-0.05, 0) is 43.2 Å². The van der Waals surface area contributed by atoms with Crippen molar-refractivity contribution in [2.24, 2.45) is 0 Å². The molecule has 0 unspecified atom stereocenters. The van der Waals surface area contributed by atoms with Crippen LogP contribution in [0, 0.1) is 0 Å². The molecule has 1 aromatic heterocycles. The fourth-order valence-electron chi connectivity index (χ4n) is 2.99. The average molecular weight is 450 g/mol. The molecule has 0 spiro atoms. The molecule has 2 aromatic carbocycles. The molecule has 32 heavy (non-hydrogen) atoms. The largest absolute Gasteiger partial charge is 0.374 e. The molecule has 0 bridgehead atoms. The Kier molecular flexibility index (Phi) is 8.30. The third-order valence-electron chi connectivity index (χ3n) is 4.58. The fourth-order valence-corrected chi connectivity index (χ4v) is 3.84. The monoisotopic (exact) mass is 449 g/mol. The van der Waals surface area contributed by atoms with Crippen molar-refractivity contribution in [3.63, 3.8) is 0 Å². The van der Waals surface area contributed by atoms with Gasteiger partial charge in [0, 0.05) is 24.9 Å². The number of rotatable bonds is 9. The van der Waals surface area contributed by atoms with E-state index in [1.165, 1.54) is 24.3 Å². The fraction of sp³-hybridized carbons (Fsp3) is 0.240. The topological polar surface area (TPSA) is 71.5 Å². The van der Waals surface area contributed by atoms with Crippen molar-refractivity contribution >= 4 is 40.0 Å². The molecule has 0 aliphatic rings. The summed E-state index contributed by atoms with van der Waals surface area (Å²) in [5.74, 6) is -0.343. The van der Waals surface area contributed by atoms with Gasteiger partial charge in [-0.25, -0.2) is 4.98 Å². The molecule has 3 aromatic rings. The van der Waals surface area contributed by atoms with Gasteiger partial charge in [-0.2, -0.15) is 0 Å². The number of para-hydroxylation sites is 1. The van der Waals surface area contributed by atoms with E-state index in [1.807, 2.05) is 73.8 Å². The van der Waals surface area contributed by atoms with Crippen molar-refractivity contribution < 1.29 is 14.3 Å². The Labute approximate surface area is 192 Å². The van der Waals surface area contributed by atoms with Gasteiger partial charge in [0.15, 0.2) is 5.13 Å². The van der Waals surface area contributed by atoms with E-state index in [1.54, 1.807) is 11.0 Å². The third kappa shape index (κ3) is 6.60. The summed E-state index contributed by atoms with van der Waals surface area (Å²) in [5, 5.41) is 5.27. The molecule has 7 heteroatoms. The molecule has 0 fully saturated rings. The van der Waals surface area contributed by atoms with Gasteiger partial charge in [-0.3, -0.25) is 14.5 Å². The van der Waals surface area contributed by atoms with Gasteiger partial charge in [0.05, 0.1) is 24.1 Å². The lowest BCUT2D eigenvalue weighted by molar-refractivity contribution is -0.117. The highest BCUT2D eigenvalue weighted by molar-refractivity contribution is 7.14. The first-order valence-corrected chi connectivity index (χ1v) is 11.3.